The van der Waals surface area contributed by atoms with Gasteiger partial charge in [0.05, 0.1) is 12.8 Å². The Kier molecular flexibility index (Phi) is 2.89. The lowest BCUT2D eigenvalue weighted by molar-refractivity contribution is -0.119. The predicted octanol–water partition coefficient (Wildman–Crippen LogP) is 1.61. The van der Waals surface area contributed by atoms with E-state index >= 15 is 0 Å². The lowest BCUT2D eigenvalue weighted by Crippen LogP contribution is -2.30. The van der Waals surface area contributed by atoms with Gasteiger partial charge in [-0.3, -0.25) is 4.79 Å². The highest BCUT2D eigenvalue weighted by atomic mass is 19.1. The van der Waals surface area contributed by atoms with Crippen molar-refractivity contribution in [2.45, 2.75) is 31.3 Å². The summed E-state index contributed by atoms with van der Waals surface area (Å²) in [5.41, 5.74) is 0. The van der Waals surface area contributed by atoms with Gasteiger partial charge in [-0.25, -0.2) is 9.37 Å². The van der Waals surface area contributed by atoms with Crippen LogP contribution >= 0.6 is 0 Å². The highest BCUT2D eigenvalue weighted by molar-refractivity contribution is 5.50. The largest absolute Gasteiger partial charge is 0.477 e. The summed E-state index contributed by atoms with van der Waals surface area (Å²) in [6, 6.07) is 3.57. The Labute approximate surface area is 105 Å². The van der Waals surface area contributed by atoms with Gasteiger partial charge in [-0.1, -0.05) is 0 Å². The number of aromatic nitrogens is 1. The second-order valence-electron chi connectivity index (χ2n) is 4.97. The van der Waals surface area contributed by atoms with Crippen LogP contribution in [0.4, 0.5) is 4.39 Å². The van der Waals surface area contributed by atoms with Crippen molar-refractivity contribution in [1.29, 1.82) is 0 Å². The fraction of sp³-hybridized carbons (Fsp3) is 0.538. The van der Waals surface area contributed by atoms with Crippen LogP contribution in [0.15, 0.2) is 18.3 Å². The Balaban J connectivity index is 1.58. The molecule has 3 atom stereocenters. The molecule has 3 heterocycles. The second kappa shape index (κ2) is 4.55. The van der Waals surface area contributed by atoms with Gasteiger partial charge in [0, 0.05) is 24.1 Å². The van der Waals surface area contributed by atoms with Gasteiger partial charge in [-0.2, -0.15) is 0 Å². The second-order valence-corrected chi connectivity index (χ2v) is 4.97. The molecule has 0 aromatic carbocycles. The van der Waals surface area contributed by atoms with Crippen LogP contribution in [-0.2, 0) is 4.79 Å². The Morgan fingerprint density at radius 3 is 3.06 bits per heavy atom. The zero-order valence-electron chi connectivity index (χ0n) is 9.96. The molecule has 2 aliphatic rings. The van der Waals surface area contributed by atoms with Gasteiger partial charge in [-0.15, -0.1) is 0 Å². The zero-order valence-corrected chi connectivity index (χ0v) is 9.96. The van der Waals surface area contributed by atoms with Crippen LogP contribution in [-0.4, -0.2) is 35.0 Å². The van der Waals surface area contributed by atoms with Crippen molar-refractivity contribution in [2.24, 2.45) is 5.92 Å². The maximum Gasteiger partial charge on any atom is 0.213 e. The number of rotatable bonds is 4. The topological polar surface area (TPSA) is 42.4 Å². The van der Waals surface area contributed by atoms with Gasteiger partial charge in [-0.05, 0) is 25.3 Å². The number of carbonyl (C=O) groups excluding carboxylic acids is 1. The summed E-state index contributed by atoms with van der Waals surface area (Å²) in [4.78, 5) is 16.7. The number of amides is 1. The van der Waals surface area contributed by atoms with E-state index in [0.29, 0.717) is 30.5 Å². The number of carbonyl (C=O) groups is 1. The molecule has 1 aromatic heterocycles. The minimum atomic E-state index is -0.366. The van der Waals surface area contributed by atoms with E-state index in [1.54, 1.807) is 0 Å². The SMILES string of the molecule is O=CN1C2CCC1C(COc1ccc(F)cn1)C2. The average Bonchev–Trinajstić information content (AvgIpc) is 2.94. The van der Waals surface area contributed by atoms with Crippen LogP contribution in [0.1, 0.15) is 19.3 Å². The van der Waals surface area contributed by atoms with E-state index in [0.717, 1.165) is 31.9 Å². The van der Waals surface area contributed by atoms with Crippen molar-refractivity contribution < 1.29 is 13.9 Å². The molecule has 2 bridgehead atoms. The lowest BCUT2D eigenvalue weighted by Gasteiger charge is -2.21. The predicted molar refractivity (Wildman–Crippen MR) is 62.5 cm³/mol. The van der Waals surface area contributed by atoms with Crippen molar-refractivity contribution in [3.8, 4) is 5.88 Å². The van der Waals surface area contributed by atoms with Crippen molar-refractivity contribution in [3.63, 3.8) is 0 Å². The maximum absolute atomic E-state index is 12.7. The molecule has 2 fully saturated rings. The average molecular weight is 250 g/mol. The standard InChI is InChI=1S/C13H15FN2O2/c14-10-1-4-13(15-6-10)18-7-9-5-11-2-3-12(9)16(11)8-17/h1,4,6,8-9,11-12H,2-3,5,7H2. The third-order valence-corrected chi connectivity index (χ3v) is 3.99. The summed E-state index contributed by atoms with van der Waals surface area (Å²) in [6.07, 6.45) is 5.28. The molecule has 5 heteroatoms. The van der Waals surface area contributed by atoms with Gasteiger partial charge in [0.1, 0.15) is 5.82 Å². The molecule has 2 aliphatic heterocycles. The number of hydrogen-bond donors (Lipinski definition) is 0. The molecule has 2 saturated heterocycles. The minimum absolute atomic E-state index is 0.313. The van der Waals surface area contributed by atoms with Crippen LogP contribution in [0, 0.1) is 11.7 Å². The fourth-order valence-electron chi connectivity index (χ4n) is 3.14. The molecule has 0 N–H and O–H groups in total. The molecule has 18 heavy (non-hydrogen) atoms. The van der Waals surface area contributed by atoms with Crippen molar-refractivity contribution >= 4 is 6.41 Å². The number of ether oxygens (including phenoxy) is 1. The third kappa shape index (κ3) is 1.94. The highest BCUT2D eigenvalue weighted by Crippen LogP contribution is 2.40. The first-order chi connectivity index (χ1) is 8.78. The van der Waals surface area contributed by atoms with Crippen LogP contribution in [0.2, 0.25) is 0 Å². The summed E-state index contributed by atoms with van der Waals surface area (Å²) < 4.78 is 18.3. The molecule has 96 valence electrons. The summed E-state index contributed by atoms with van der Waals surface area (Å²) in [7, 11) is 0. The third-order valence-electron chi connectivity index (χ3n) is 3.99. The zero-order chi connectivity index (χ0) is 12.5. The molecule has 0 saturated carbocycles. The Morgan fingerprint density at radius 2 is 2.39 bits per heavy atom. The van der Waals surface area contributed by atoms with E-state index in [1.807, 2.05) is 4.90 Å². The molecule has 3 unspecified atom stereocenters. The number of fused-ring (bicyclic) bond motifs is 2. The van der Waals surface area contributed by atoms with Gasteiger partial charge < -0.3 is 9.64 Å². The van der Waals surface area contributed by atoms with Gasteiger partial charge in [0.2, 0.25) is 12.3 Å². The minimum Gasteiger partial charge on any atom is -0.477 e. The molecular weight excluding hydrogens is 235 g/mol. The van der Waals surface area contributed by atoms with E-state index in [2.05, 4.69) is 4.98 Å². The monoisotopic (exact) mass is 250 g/mol. The fourth-order valence-corrected chi connectivity index (χ4v) is 3.14. The molecule has 4 nitrogen and oxygen atoms in total. The Morgan fingerprint density at radius 1 is 1.50 bits per heavy atom. The van der Waals surface area contributed by atoms with Crippen LogP contribution in [0.25, 0.3) is 0 Å². The van der Waals surface area contributed by atoms with Crippen LogP contribution in [0.5, 0.6) is 5.88 Å². The summed E-state index contributed by atoms with van der Waals surface area (Å²) >= 11 is 0. The van der Waals surface area contributed by atoms with Crippen LogP contribution in [0.3, 0.4) is 0 Å². The van der Waals surface area contributed by atoms with Gasteiger partial charge in [0.25, 0.3) is 0 Å². The number of nitrogens with zero attached hydrogens (tertiary/aromatic N) is 2. The van der Waals surface area contributed by atoms with Crippen molar-refractivity contribution in [3.05, 3.63) is 24.1 Å². The van der Waals surface area contributed by atoms with Crippen molar-refractivity contribution in [2.75, 3.05) is 6.61 Å². The lowest BCUT2D eigenvalue weighted by atomic mass is 9.90. The van der Waals surface area contributed by atoms with E-state index in [4.69, 9.17) is 4.74 Å². The van der Waals surface area contributed by atoms with E-state index in [-0.39, 0.29) is 5.82 Å². The first-order valence-corrected chi connectivity index (χ1v) is 6.25. The molecule has 1 amide bonds. The molecule has 0 radical (unpaired) electrons. The maximum atomic E-state index is 12.7. The highest BCUT2D eigenvalue weighted by Gasteiger charge is 2.45. The quantitative estimate of drug-likeness (QED) is 0.762. The van der Waals surface area contributed by atoms with E-state index in [1.165, 1.54) is 12.1 Å². The summed E-state index contributed by atoms with van der Waals surface area (Å²) in [5.74, 6) is 0.451. The van der Waals surface area contributed by atoms with Crippen molar-refractivity contribution in [1.82, 2.24) is 9.88 Å². The normalized spacial score (nSPS) is 29.6. The van der Waals surface area contributed by atoms with Gasteiger partial charge >= 0.3 is 0 Å². The summed E-state index contributed by atoms with van der Waals surface area (Å²) in [6.45, 7) is 0.546. The first-order valence-electron chi connectivity index (χ1n) is 6.25. The van der Waals surface area contributed by atoms with Gasteiger partial charge in [0.15, 0.2) is 0 Å². The number of hydrogen-bond acceptors (Lipinski definition) is 3. The summed E-state index contributed by atoms with van der Waals surface area (Å²) in [5, 5.41) is 0. The molecule has 0 aliphatic carbocycles. The van der Waals surface area contributed by atoms with Crippen LogP contribution < -0.4 is 4.74 Å². The smallest absolute Gasteiger partial charge is 0.213 e. The first kappa shape index (κ1) is 11.4. The number of halogens is 1. The molecule has 3 rings (SSSR count). The van der Waals surface area contributed by atoms with E-state index in [9.17, 15) is 9.18 Å². The Bertz CT molecular complexity index is 437. The Hall–Kier alpha value is -1.65. The molecule has 1 aromatic rings. The molecular formula is C13H15FN2O2. The number of pyridine rings is 1. The van der Waals surface area contributed by atoms with E-state index < -0.39 is 0 Å². The molecule has 0 spiro atoms.